The molecular weight excluding hydrogens is 226 g/mol. The molecule has 1 nitrogen and oxygen atoms in total. The molecule has 0 aliphatic carbocycles. The van der Waals surface area contributed by atoms with E-state index in [4.69, 9.17) is 12.2 Å². The van der Waals surface area contributed by atoms with Crippen LogP contribution in [-0.2, 0) is 6.54 Å². The van der Waals surface area contributed by atoms with Crippen LogP contribution < -0.4 is 0 Å². The fraction of sp³-hybridized carbons (Fsp3) is 0.400. The van der Waals surface area contributed by atoms with E-state index in [0.29, 0.717) is 0 Å². The number of fused-ring (bicyclic) bond motifs is 1. The van der Waals surface area contributed by atoms with Crippen LogP contribution in [0.3, 0.4) is 0 Å². The highest BCUT2D eigenvalue weighted by atomic mass is 32.1. The van der Waals surface area contributed by atoms with Crippen LogP contribution in [0.1, 0.15) is 31.2 Å². The summed E-state index contributed by atoms with van der Waals surface area (Å²) in [7, 11) is 0. The lowest BCUT2D eigenvalue weighted by atomic mass is 10.2. The Labute approximate surface area is 108 Å². The van der Waals surface area contributed by atoms with E-state index in [0.717, 1.165) is 11.1 Å². The zero-order valence-electron chi connectivity index (χ0n) is 10.8. The van der Waals surface area contributed by atoms with E-state index in [1.807, 2.05) is 12.1 Å². The maximum absolute atomic E-state index is 5.21. The van der Waals surface area contributed by atoms with Gasteiger partial charge in [-0.15, -0.1) is 0 Å². The molecule has 0 amide bonds. The molecule has 0 saturated heterocycles. The summed E-state index contributed by atoms with van der Waals surface area (Å²) in [5, 5.41) is 2.66. The fourth-order valence-electron chi connectivity index (χ4n) is 2.39. The number of rotatable bonds is 3. The van der Waals surface area contributed by atoms with Gasteiger partial charge in [0.2, 0.25) is 0 Å². The first-order valence-electron chi connectivity index (χ1n) is 6.25. The second kappa shape index (κ2) is 5.01. The van der Waals surface area contributed by atoms with Crippen LogP contribution in [0, 0.1) is 18.4 Å². The number of unbranched alkanes of at least 4 members (excludes halogenated alkanes) is 1. The van der Waals surface area contributed by atoms with Crippen LogP contribution in [0.25, 0.3) is 10.8 Å². The van der Waals surface area contributed by atoms with Crippen molar-refractivity contribution in [3.05, 3.63) is 40.2 Å². The van der Waals surface area contributed by atoms with Gasteiger partial charge in [-0.2, -0.15) is 0 Å². The molecule has 0 unspecified atom stereocenters. The summed E-state index contributed by atoms with van der Waals surface area (Å²) < 4.78 is 3.33. The SMILES string of the molecule is CCCCn1c(C)c2ccc(=S)ccc2c1C. The third-order valence-corrected chi connectivity index (χ3v) is 3.72. The van der Waals surface area contributed by atoms with E-state index in [9.17, 15) is 0 Å². The molecule has 1 aromatic carbocycles. The minimum atomic E-state index is 0.903. The molecule has 0 saturated carbocycles. The molecule has 2 heteroatoms. The Morgan fingerprint density at radius 1 is 1.00 bits per heavy atom. The molecule has 0 aliphatic rings. The molecule has 1 aromatic heterocycles. The molecule has 0 aliphatic heterocycles. The van der Waals surface area contributed by atoms with Crippen molar-refractivity contribution in [2.24, 2.45) is 0 Å². The van der Waals surface area contributed by atoms with Crippen molar-refractivity contribution >= 4 is 23.0 Å². The Bertz CT molecular complexity index is 550. The number of aromatic nitrogens is 1. The maximum Gasteiger partial charge on any atom is 0.0377 e. The van der Waals surface area contributed by atoms with Crippen LogP contribution in [0.15, 0.2) is 24.3 Å². The lowest BCUT2D eigenvalue weighted by Crippen LogP contribution is -2.01. The highest BCUT2D eigenvalue weighted by Crippen LogP contribution is 2.25. The van der Waals surface area contributed by atoms with Crippen molar-refractivity contribution in [3.8, 4) is 0 Å². The third-order valence-electron chi connectivity index (χ3n) is 3.44. The molecule has 0 radical (unpaired) electrons. The molecule has 1 heterocycles. The maximum atomic E-state index is 5.21. The molecule has 0 bridgehead atoms. The molecular formula is C15H19NS. The molecule has 0 fully saturated rings. The highest BCUT2D eigenvalue weighted by molar-refractivity contribution is 7.71. The predicted molar refractivity (Wildman–Crippen MR) is 77.2 cm³/mol. The molecule has 90 valence electrons. The lowest BCUT2D eigenvalue weighted by molar-refractivity contribution is 0.612. The van der Waals surface area contributed by atoms with Crippen molar-refractivity contribution in [1.29, 1.82) is 0 Å². The van der Waals surface area contributed by atoms with Gasteiger partial charge >= 0.3 is 0 Å². The number of nitrogens with zero attached hydrogens (tertiary/aromatic N) is 1. The van der Waals surface area contributed by atoms with Crippen LogP contribution in [0.2, 0.25) is 0 Å². The number of hydrogen-bond donors (Lipinski definition) is 0. The zero-order chi connectivity index (χ0) is 12.4. The molecule has 0 spiro atoms. The van der Waals surface area contributed by atoms with Gasteiger partial charge in [0.25, 0.3) is 0 Å². The Kier molecular flexibility index (Phi) is 3.63. The van der Waals surface area contributed by atoms with Crippen LogP contribution in [-0.4, -0.2) is 4.57 Å². The summed E-state index contributed by atoms with van der Waals surface area (Å²) in [5.74, 6) is 0. The largest absolute Gasteiger partial charge is 0.348 e. The fourth-order valence-corrected chi connectivity index (χ4v) is 2.53. The predicted octanol–water partition coefficient (Wildman–Crippen LogP) is 4.79. The van der Waals surface area contributed by atoms with Gasteiger partial charge < -0.3 is 4.57 Å². The first kappa shape index (κ1) is 12.3. The molecule has 2 aromatic rings. The van der Waals surface area contributed by atoms with Gasteiger partial charge in [0.05, 0.1) is 0 Å². The van der Waals surface area contributed by atoms with Gasteiger partial charge in [0.15, 0.2) is 0 Å². The Morgan fingerprint density at radius 2 is 1.53 bits per heavy atom. The zero-order valence-corrected chi connectivity index (χ0v) is 11.6. The topological polar surface area (TPSA) is 4.93 Å². The first-order valence-corrected chi connectivity index (χ1v) is 6.65. The summed E-state index contributed by atoms with van der Waals surface area (Å²) in [6.45, 7) is 7.76. The van der Waals surface area contributed by atoms with Gasteiger partial charge in [-0.1, -0.05) is 37.7 Å². The van der Waals surface area contributed by atoms with Crippen molar-refractivity contribution in [1.82, 2.24) is 4.57 Å². The van der Waals surface area contributed by atoms with Crippen molar-refractivity contribution < 1.29 is 0 Å². The molecule has 17 heavy (non-hydrogen) atoms. The lowest BCUT2D eigenvalue weighted by Gasteiger charge is -2.07. The second-order valence-electron chi connectivity index (χ2n) is 4.57. The van der Waals surface area contributed by atoms with Crippen molar-refractivity contribution in [2.75, 3.05) is 0 Å². The van der Waals surface area contributed by atoms with Crippen LogP contribution >= 0.6 is 12.2 Å². The summed E-state index contributed by atoms with van der Waals surface area (Å²) in [6, 6.07) is 8.35. The summed E-state index contributed by atoms with van der Waals surface area (Å²) >= 11 is 5.21. The molecule has 2 rings (SSSR count). The Balaban J connectivity index is 2.66. The average Bonchev–Trinajstić information content (AvgIpc) is 2.46. The van der Waals surface area contributed by atoms with Crippen LogP contribution in [0.4, 0.5) is 0 Å². The number of hydrogen-bond acceptors (Lipinski definition) is 1. The molecule has 0 atom stereocenters. The minimum Gasteiger partial charge on any atom is -0.348 e. The summed E-state index contributed by atoms with van der Waals surface area (Å²) in [6.07, 6.45) is 2.47. The smallest absolute Gasteiger partial charge is 0.0377 e. The summed E-state index contributed by atoms with van der Waals surface area (Å²) in [4.78, 5) is 0. The van der Waals surface area contributed by atoms with Gasteiger partial charge in [-0.3, -0.25) is 0 Å². The standard InChI is InChI=1S/C15H19NS/c1-4-5-10-16-11(2)14-8-6-13(17)7-9-15(14)12(16)3/h6-9H,4-5,10H2,1-3H3. The van der Waals surface area contributed by atoms with E-state index in [1.165, 1.54) is 35.0 Å². The van der Waals surface area contributed by atoms with Crippen molar-refractivity contribution in [2.45, 2.75) is 40.2 Å². The van der Waals surface area contributed by atoms with E-state index in [2.05, 4.69) is 37.5 Å². The van der Waals surface area contributed by atoms with Gasteiger partial charge in [0, 0.05) is 33.2 Å². The van der Waals surface area contributed by atoms with E-state index < -0.39 is 0 Å². The monoisotopic (exact) mass is 245 g/mol. The van der Waals surface area contributed by atoms with Crippen molar-refractivity contribution in [3.63, 3.8) is 0 Å². The normalized spacial score (nSPS) is 11.0. The van der Waals surface area contributed by atoms with Gasteiger partial charge in [0.1, 0.15) is 0 Å². The highest BCUT2D eigenvalue weighted by Gasteiger charge is 2.08. The number of aryl methyl sites for hydroxylation is 2. The minimum absolute atomic E-state index is 0.903. The quantitative estimate of drug-likeness (QED) is 0.704. The molecule has 0 N–H and O–H groups in total. The van der Waals surface area contributed by atoms with Gasteiger partial charge in [-0.05, 0) is 32.4 Å². The van der Waals surface area contributed by atoms with E-state index in [1.54, 1.807) is 0 Å². The average molecular weight is 245 g/mol. The van der Waals surface area contributed by atoms with Crippen LogP contribution in [0.5, 0.6) is 0 Å². The third kappa shape index (κ3) is 2.27. The Hall–Kier alpha value is -1.15. The van der Waals surface area contributed by atoms with E-state index in [-0.39, 0.29) is 0 Å². The van der Waals surface area contributed by atoms with E-state index >= 15 is 0 Å². The second-order valence-corrected chi connectivity index (χ2v) is 5.04. The van der Waals surface area contributed by atoms with Gasteiger partial charge in [-0.25, -0.2) is 0 Å². The summed E-state index contributed by atoms with van der Waals surface area (Å²) in [5.41, 5.74) is 2.72. The Morgan fingerprint density at radius 3 is 2.00 bits per heavy atom. The first-order chi connectivity index (χ1) is 8.15.